The van der Waals surface area contributed by atoms with E-state index < -0.39 is 6.04 Å². The van der Waals surface area contributed by atoms with E-state index in [2.05, 4.69) is 0 Å². The Labute approximate surface area is 163 Å². The zero-order valence-electron chi connectivity index (χ0n) is 14.7. The fourth-order valence-corrected chi connectivity index (χ4v) is 3.82. The van der Waals surface area contributed by atoms with Crippen LogP contribution >= 0.6 is 23.2 Å². The van der Waals surface area contributed by atoms with E-state index in [-0.39, 0.29) is 11.8 Å². The molecule has 0 aromatic heterocycles. The first-order valence-corrected chi connectivity index (χ1v) is 9.23. The van der Waals surface area contributed by atoms with Gasteiger partial charge >= 0.3 is 0 Å². The lowest BCUT2D eigenvalue weighted by Crippen LogP contribution is -2.46. The molecular formula is C20H20Cl2N2O2. The van der Waals surface area contributed by atoms with Crippen molar-refractivity contribution < 1.29 is 9.59 Å². The third-order valence-electron chi connectivity index (χ3n) is 4.63. The summed E-state index contributed by atoms with van der Waals surface area (Å²) in [6, 6.07) is 12.0. The molecule has 0 spiro atoms. The molecule has 1 heterocycles. The minimum absolute atomic E-state index is 0.0884. The molecule has 136 valence electrons. The van der Waals surface area contributed by atoms with E-state index in [1.165, 1.54) is 0 Å². The number of hydrogen-bond acceptors (Lipinski definition) is 2. The number of benzene rings is 2. The van der Waals surface area contributed by atoms with Crippen LogP contribution in [0.2, 0.25) is 10.0 Å². The van der Waals surface area contributed by atoms with Gasteiger partial charge in [0.2, 0.25) is 5.91 Å². The van der Waals surface area contributed by atoms with Crippen molar-refractivity contribution in [3.8, 4) is 0 Å². The van der Waals surface area contributed by atoms with Gasteiger partial charge in [0.05, 0.1) is 0 Å². The molecule has 6 heteroatoms. The monoisotopic (exact) mass is 390 g/mol. The van der Waals surface area contributed by atoms with Crippen LogP contribution in [0.15, 0.2) is 42.5 Å². The quantitative estimate of drug-likeness (QED) is 0.769. The Morgan fingerprint density at radius 1 is 1.12 bits per heavy atom. The van der Waals surface area contributed by atoms with Gasteiger partial charge in [-0.25, -0.2) is 0 Å². The van der Waals surface area contributed by atoms with Gasteiger partial charge in [-0.05, 0) is 55.7 Å². The van der Waals surface area contributed by atoms with E-state index in [4.69, 9.17) is 23.2 Å². The van der Waals surface area contributed by atoms with Crippen molar-refractivity contribution in [1.29, 1.82) is 0 Å². The van der Waals surface area contributed by atoms with Crippen LogP contribution in [0.1, 0.15) is 28.8 Å². The topological polar surface area (TPSA) is 40.6 Å². The van der Waals surface area contributed by atoms with Crippen molar-refractivity contribution in [3.63, 3.8) is 0 Å². The Bertz CT molecular complexity index is 833. The van der Waals surface area contributed by atoms with Gasteiger partial charge in [0, 0.05) is 34.9 Å². The number of carbonyl (C=O) groups excluding carboxylic acids is 2. The van der Waals surface area contributed by atoms with Crippen LogP contribution in [0.25, 0.3) is 0 Å². The highest BCUT2D eigenvalue weighted by Gasteiger charge is 2.36. The SMILES string of the molecule is Cc1cccc(N(C)C(=O)C2CCCN2C(=O)c2cc(Cl)cc(Cl)c2)c1. The summed E-state index contributed by atoms with van der Waals surface area (Å²) in [7, 11) is 1.74. The van der Waals surface area contributed by atoms with Gasteiger partial charge < -0.3 is 9.80 Å². The van der Waals surface area contributed by atoms with E-state index in [0.29, 0.717) is 28.6 Å². The lowest BCUT2D eigenvalue weighted by atomic mass is 10.1. The molecule has 1 fully saturated rings. The maximum atomic E-state index is 13.0. The van der Waals surface area contributed by atoms with Crippen LogP contribution in [0.3, 0.4) is 0 Å². The molecule has 1 unspecified atom stereocenters. The molecule has 2 amide bonds. The first-order chi connectivity index (χ1) is 12.4. The van der Waals surface area contributed by atoms with Crippen molar-refractivity contribution in [3.05, 3.63) is 63.6 Å². The van der Waals surface area contributed by atoms with E-state index in [1.807, 2.05) is 31.2 Å². The van der Waals surface area contributed by atoms with Crippen LogP contribution in [-0.2, 0) is 4.79 Å². The van der Waals surface area contributed by atoms with Crippen LogP contribution in [0.5, 0.6) is 0 Å². The van der Waals surface area contributed by atoms with Gasteiger partial charge in [0.25, 0.3) is 5.91 Å². The molecule has 1 aliphatic rings. The normalized spacial score (nSPS) is 16.6. The number of halogens is 2. The maximum absolute atomic E-state index is 13.0. The fourth-order valence-electron chi connectivity index (χ4n) is 3.30. The molecule has 0 aliphatic carbocycles. The third kappa shape index (κ3) is 3.87. The summed E-state index contributed by atoms with van der Waals surface area (Å²) in [6.45, 7) is 2.52. The molecule has 0 bridgehead atoms. The zero-order chi connectivity index (χ0) is 18.8. The van der Waals surface area contributed by atoms with E-state index >= 15 is 0 Å². The van der Waals surface area contributed by atoms with Crippen LogP contribution < -0.4 is 4.90 Å². The highest BCUT2D eigenvalue weighted by Crippen LogP contribution is 2.26. The second-order valence-corrected chi connectivity index (χ2v) is 7.42. The number of likely N-dealkylation sites (tertiary alicyclic amines) is 1. The summed E-state index contributed by atoms with van der Waals surface area (Å²) in [5, 5.41) is 0.805. The Morgan fingerprint density at radius 3 is 2.46 bits per heavy atom. The minimum atomic E-state index is -0.481. The van der Waals surface area contributed by atoms with Crippen molar-refractivity contribution in [2.75, 3.05) is 18.5 Å². The summed E-state index contributed by atoms with van der Waals surface area (Å²) < 4.78 is 0. The van der Waals surface area contributed by atoms with Crippen molar-refractivity contribution >= 4 is 40.7 Å². The second kappa shape index (κ2) is 7.68. The number of nitrogens with zero attached hydrogens (tertiary/aromatic N) is 2. The minimum Gasteiger partial charge on any atom is -0.327 e. The van der Waals surface area contributed by atoms with E-state index in [0.717, 1.165) is 17.7 Å². The molecule has 26 heavy (non-hydrogen) atoms. The number of hydrogen-bond donors (Lipinski definition) is 0. The average molecular weight is 391 g/mol. The standard InChI is InChI=1S/C20H20Cl2N2O2/c1-13-5-3-6-17(9-13)23(2)20(26)18-7-4-8-24(18)19(25)14-10-15(21)12-16(22)11-14/h3,5-6,9-12,18H,4,7-8H2,1-2H3. The Balaban J connectivity index is 1.83. The summed E-state index contributed by atoms with van der Waals surface area (Å²) >= 11 is 12.0. The Hall–Kier alpha value is -2.04. The largest absolute Gasteiger partial charge is 0.327 e. The van der Waals surface area contributed by atoms with Gasteiger partial charge in [-0.2, -0.15) is 0 Å². The summed E-state index contributed by atoms with van der Waals surface area (Å²) in [5.74, 6) is -0.308. The lowest BCUT2D eigenvalue weighted by molar-refractivity contribution is -0.121. The van der Waals surface area contributed by atoms with E-state index in [1.54, 1.807) is 35.0 Å². The molecule has 1 atom stereocenters. The molecule has 0 N–H and O–H groups in total. The number of rotatable bonds is 3. The summed E-state index contributed by atoms with van der Waals surface area (Å²) in [6.07, 6.45) is 1.44. The number of aryl methyl sites for hydroxylation is 1. The molecule has 1 saturated heterocycles. The van der Waals surface area contributed by atoms with Gasteiger partial charge in [0.1, 0.15) is 6.04 Å². The second-order valence-electron chi connectivity index (χ2n) is 6.55. The average Bonchev–Trinajstić information content (AvgIpc) is 3.08. The lowest BCUT2D eigenvalue weighted by Gasteiger charge is -2.28. The Morgan fingerprint density at radius 2 is 1.81 bits per heavy atom. The molecule has 0 radical (unpaired) electrons. The highest BCUT2D eigenvalue weighted by atomic mass is 35.5. The van der Waals surface area contributed by atoms with E-state index in [9.17, 15) is 9.59 Å². The summed E-state index contributed by atoms with van der Waals surface area (Å²) in [4.78, 5) is 29.2. The van der Waals surface area contributed by atoms with Crippen LogP contribution in [0, 0.1) is 6.92 Å². The van der Waals surface area contributed by atoms with Gasteiger partial charge in [-0.3, -0.25) is 9.59 Å². The first kappa shape index (κ1) is 18.7. The van der Waals surface area contributed by atoms with Crippen LogP contribution in [-0.4, -0.2) is 36.3 Å². The number of likely N-dealkylation sites (N-methyl/N-ethyl adjacent to an activating group) is 1. The molecular weight excluding hydrogens is 371 g/mol. The van der Waals surface area contributed by atoms with Gasteiger partial charge in [-0.15, -0.1) is 0 Å². The van der Waals surface area contributed by atoms with Gasteiger partial charge in [-0.1, -0.05) is 35.3 Å². The number of carbonyl (C=O) groups is 2. The molecule has 0 saturated carbocycles. The van der Waals surface area contributed by atoms with Crippen molar-refractivity contribution in [2.45, 2.75) is 25.8 Å². The Kier molecular flexibility index (Phi) is 5.54. The molecule has 1 aliphatic heterocycles. The van der Waals surface area contributed by atoms with Gasteiger partial charge in [0.15, 0.2) is 0 Å². The number of amides is 2. The number of anilines is 1. The molecule has 2 aromatic carbocycles. The zero-order valence-corrected chi connectivity index (χ0v) is 16.2. The fraction of sp³-hybridized carbons (Fsp3) is 0.300. The predicted molar refractivity (Wildman–Crippen MR) is 105 cm³/mol. The first-order valence-electron chi connectivity index (χ1n) is 8.48. The smallest absolute Gasteiger partial charge is 0.254 e. The van der Waals surface area contributed by atoms with Crippen molar-refractivity contribution in [2.24, 2.45) is 0 Å². The maximum Gasteiger partial charge on any atom is 0.254 e. The van der Waals surface area contributed by atoms with Crippen LogP contribution in [0.4, 0.5) is 5.69 Å². The molecule has 4 nitrogen and oxygen atoms in total. The van der Waals surface area contributed by atoms with Crippen molar-refractivity contribution in [1.82, 2.24) is 4.90 Å². The molecule has 2 aromatic rings. The molecule has 3 rings (SSSR count). The summed E-state index contributed by atoms with van der Waals surface area (Å²) in [5.41, 5.74) is 2.30. The predicted octanol–water partition coefficient (Wildman–Crippen LogP) is 4.57. The highest BCUT2D eigenvalue weighted by molar-refractivity contribution is 6.35. The third-order valence-corrected chi connectivity index (χ3v) is 5.06.